The van der Waals surface area contributed by atoms with Gasteiger partial charge in [-0.3, -0.25) is 19.6 Å². The molecule has 3 aromatic rings. The number of nitrogens with zero attached hydrogens (tertiary/aromatic N) is 3. The lowest BCUT2D eigenvalue weighted by molar-refractivity contribution is -0.123. The summed E-state index contributed by atoms with van der Waals surface area (Å²) in [6.45, 7) is 5.51. The average molecular weight is 466 g/mol. The van der Waals surface area contributed by atoms with E-state index in [1.807, 2.05) is 39.0 Å². The lowest BCUT2D eigenvalue weighted by Gasteiger charge is -2.18. The number of halogens is 1. The number of amides is 2. The van der Waals surface area contributed by atoms with Crippen LogP contribution in [0.5, 0.6) is 0 Å². The van der Waals surface area contributed by atoms with E-state index in [4.69, 9.17) is 11.6 Å². The largest absolute Gasteiger partial charge is 0.333 e. The van der Waals surface area contributed by atoms with Crippen molar-refractivity contribution in [1.29, 1.82) is 0 Å². The molecule has 0 aliphatic carbocycles. The van der Waals surface area contributed by atoms with Crippen LogP contribution in [0.3, 0.4) is 0 Å². The number of fused-ring (bicyclic) bond motifs is 1. The molecule has 0 fully saturated rings. The van der Waals surface area contributed by atoms with E-state index in [2.05, 4.69) is 25.6 Å². The molecule has 9 heteroatoms. The Hall–Kier alpha value is -3.23. The van der Waals surface area contributed by atoms with Crippen molar-refractivity contribution in [2.24, 2.45) is 10.4 Å². The van der Waals surface area contributed by atoms with Gasteiger partial charge in [-0.25, -0.2) is 0 Å². The highest BCUT2D eigenvalue weighted by molar-refractivity contribution is 8.18. The van der Waals surface area contributed by atoms with E-state index in [-0.39, 0.29) is 11.8 Å². The molecule has 0 radical (unpaired) electrons. The summed E-state index contributed by atoms with van der Waals surface area (Å²) < 4.78 is 0. The summed E-state index contributed by atoms with van der Waals surface area (Å²) in [6.07, 6.45) is 5.03. The summed E-state index contributed by atoms with van der Waals surface area (Å²) in [5, 5.41) is 6.80. The van der Waals surface area contributed by atoms with Crippen LogP contribution >= 0.6 is 23.4 Å². The molecule has 1 aromatic heterocycles. The molecule has 7 nitrogen and oxygen atoms in total. The number of thioether (sulfide) groups is 1. The number of hydrogen-bond acceptors (Lipinski definition) is 6. The van der Waals surface area contributed by atoms with Crippen molar-refractivity contribution >= 4 is 68.8 Å². The first-order valence-corrected chi connectivity index (χ1v) is 11.0. The van der Waals surface area contributed by atoms with E-state index < -0.39 is 5.41 Å². The van der Waals surface area contributed by atoms with Crippen LogP contribution in [0, 0.1) is 5.41 Å². The molecule has 32 heavy (non-hydrogen) atoms. The van der Waals surface area contributed by atoms with Crippen LogP contribution in [0.15, 0.2) is 58.7 Å². The third-order valence-electron chi connectivity index (χ3n) is 4.56. The van der Waals surface area contributed by atoms with E-state index >= 15 is 0 Å². The van der Waals surface area contributed by atoms with Crippen molar-refractivity contribution < 1.29 is 9.59 Å². The van der Waals surface area contributed by atoms with Crippen molar-refractivity contribution in [3.63, 3.8) is 0 Å². The van der Waals surface area contributed by atoms with Crippen molar-refractivity contribution in [2.75, 3.05) is 10.6 Å². The number of anilines is 2. The van der Waals surface area contributed by atoms with Gasteiger partial charge >= 0.3 is 0 Å². The fourth-order valence-electron chi connectivity index (χ4n) is 2.82. The van der Waals surface area contributed by atoms with Gasteiger partial charge in [0.2, 0.25) is 5.91 Å². The lowest BCUT2D eigenvalue weighted by Crippen LogP contribution is -2.27. The maximum atomic E-state index is 12.4. The quantitative estimate of drug-likeness (QED) is 0.506. The fourth-order valence-corrected chi connectivity index (χ4v) is 3.81. The molecule has 1 aliphatic heterocycles. The van der Waals surface area contributed by atoms with E-state index in [1.54, 1.807) is 36.7 Å². The minimum absolute atomic E-state index is 0.112. The zero-order valence-corrected chi connectivity index (χ0v) is 19.2. The van der Waals surface area contributed by atoms with Crippen LogP contribution in [-0.2, 0) is 9.59 Å². The molecule has 162 valence electrons. The number of rotatable bonds is 3. The molecule has 0 spiro atoms. The van der Waals surface area contributed by atoms with Gasteiger partial charge in [-0.1, -0.05) is 38.4 Å². The molecule has 0 unspecified atom stereocenters. The Morgan fingerprint density at radius 2 is 1.81 bits per heavy atom. The zero-order chi connectivity index (χ0) is 22.9. The van der Waals surface area contributed by atoms with Crippen LogP contribution in [0.4, 0.5) is 11.4 Å². The van der Waals surface area contributed by atoms with Gasteiger partial charge in [0.15, 0.2) is 5.17 Å². The fraction of sp³-hybridized carbons (Fsp3) is 0.174. The Bertz CT molecular complexity index is 1300. The maximum absolute atomic E-state index is 12.4. The van der Waals surface area contributed by atoms with Crippen molar-refractivity contribution in [1.82, 2.24) is 9.97 Å². The van der Waals surface area contributed by atoms with Gasteiger partial charge in [0.25, 0.3) is 5.91 Å². The predicted octanol–water partition coefficient (Wildman–Crippen LogP) is 5.35. The Morgan fingerprint density at radius 1 is 1.06 bits per heavy atom. The summed E-state index contributed by atoms with van der Waals surface area (Å²) in [7, 11) is 0. The first-order valence-electron chi connectivity index (χ1n) is 9.80. The molecule has 0 atom stereocenters. The Balaban J connectivity index is 1.50. The van der Waals surface area contributed by atoms with E-state index in [0.717, 1.165) is 16.6 Å². The second-order valence-electron chi connectivity index (χ2n) is 8.16. The van der Waals surface area contributed by atoms with Gasteiger partial charge in [0.05, 0.1) is 26.6 Å². The van der Waals surface area contributed by atoms with Crippen molar-refractivity contribution in [3.05, 3.63) is 64.3 Å². The monoisotopic (exact) mass is 465 g/mol. The first kappa shape index (κ1) is 22.0. The normalized spacial score (nSPS) is 15.2. The molecule has 2 aromatic carbocycles. The average Bonchev–Trinajstić information content (AvgIpc) is 3.08. The number of aromatic nitrogens is 2. The number of carbonyl (C=O) groups is 2. The Labute approximate surface area is 194 Å². The molecule has 2 heterocycles. The SMILES string of the molecule is CC(C)(C)C(=O)Nc1ccc(Cl)c(NC2=NC(=O)C(=Cc3ccc4nccnc4c3)S2)c1. The van der Waals surface area contributed by atoms with Crippen LogP contribution in [0.25, 0.3) is 17.1 Å². The van der Waals surface area contributed by atoms with Gasteiger partial charge in [0.1, 0.15) is 0 Å². The maximum Gasteiger partial charge on any atom is 0.286 e. The first-order chi connectivity index (χ1) is 15.2. The summed E-state index contributed by atoms with van der Waals surface area (Å²) in [5.41, 5.74) is 2.97. The summed E-state index contributed by atoms with van der Waals surface area (Å²) in [5.74, 6) is -0.455. The van der Waals surface area contributed by atoms with Gasteiger partial charge in [-0.05, 0) is 53.7 Å². The van der Waals surface area contributed by atoms with Gasteiger partial charge in [-0.2, -0.15) is 4.99 Å². The second kappa shape index (κ2) is 8.72. The van der Waals surface area contributed by atoms with Crippen LogP contribution in [0.1, 0.15) is 26.3 Å². The number of hydrogen-bond donors (Lipinski definition) is 2. The zero-order valence-electron chi connectivity index (χ0n) is 17.6. The molecular formula is C23H20ClN5O2S. The highest BCUT2D eigenvalue weighted by Crippen LogP contribution is 2.33. The van der Waals surface area contributed by atoms with Gasteiger partial charge < -0.3 is 10.6 Å². The predicted molar refractivity (Wildman–Crippen MR) is 131 cm³/mol. The summed E-state index contributed by atoms with van der Waals surface area (Å²) in [4.78, 5) is 37.8. The molecule has 0 saturated heterocycles. The highest BCUT2D eigenvalue weighted by atomic mass is 35.5. The molecule has 2 amide bonds. The standard InChI is InChI=1S/C23H20ClN5O2S/c1-23(2,3)21(31)27-14-5-6-15(24)17(12-14)28-22-29-20(30)19(32-22)11-13-4-7-16-18(10-13)26-9-8-25-16/h4-12H,1-3H3,(H,27,31)(H,28,29,30). The minimum Gasteiger partial charge on any atom is -0.333 e. The molecular weight excluding hydrogens is 446 g/mol. The molecule has 2 N–H and O–H groups in total. The topological polar surface area (TPSA) is 96.3 Å². The second-order valence-corrected chi connectivity index (χ2v) is 9.60. The number of nitrogens with one attached hydrogen (secondary N) is 2. The number of benzene rings is 2. The lowest BCUT2D eigenvalue weighted by atomic mass is 9.95. The van der Waals surface area contributed by atoms with E-state index in [9.17, 15) is 9.59 Å². The van der Waals surface area contributed by atoms with Crippen molar-refractivity contribution in [3.8, 4) is 0 Å². The number of carbonyl (C=O) groups excluding carboxylic acids is 2. The molecule has 0 bridgehead atoms. The van der Waals surface area contributed by atoms with Gasteiger partial charge in [-0.15, -0.1) is 0 Å². The van der Waals surface area contributed by atoms with E-state index in [1.165, 1.54) is 11.8 Å². The van der Waals surface area contributed by atoms with Crippen LogP contribution in [-0.4, -0.2) is 26.9 Å². The van der Waals surface area contributed by atoms with Crippen LogP contribution < -0.4 is 10.6 Å². The summed E-state index contributed by atoms with van der Waals surface area (Å²) >= 11 is 7.52. The van der Waals surface area contributed by atoms with Crippen molar-refractivity contribution in [2.45, 2.75) is 20.8 Å². The van der Waals surface area contributed by atoms with Crippen LogP contribution in [0.2, 0.25) is 5.02 Å². The molecule has 0 saturated carbocycles. The third kappa shape index (κ3) is 4.98. The highest BCUT2D eigenvalue weighted by Gasteiger charge is 2.24. The third-order valence-corrected chi connectivity index (χ3v) is 5.79. The van der Waals surface area contributed by atoms with E-state index in [0.29, 0.717) is 26.5 Å². The molecule has 4 rings (SSSR count). The smallest absolute Gasteiger partial charge is 0.286 e. The molecule has 1 aliphatic rings. The van der Waals surface area contributed by atoms with Gasteiger partial charge in [0, 0.05) is 23.5 Å². The Kier molecular flexibility index (Phi) is 5.99. The minimum atomic E-state index is -0.529. The number of aliphatic imine (C=N–C) groups is 1. The number of amidine groups is 1. The summed E-state index contributed by atoms with van der Waals surface area (Å²) in [6, 6.07) is 10.7. The Morgan fingerprint density at radius 3 is 2.56 bits per heavy atom.